The predicted molar refractivity (Wildman–Crippen MR) is 95.9 cm³/mol. The molecule has 140 valence electrons. The third-order valence-corrected chi connectivity index (χ3v) is 4.73. The molecule has 0 atom stereocenters. The molecule has 0 radical (unpaired) electrons. The SMILES string of the molecule is Cc1nccn1Cc1cc2c(c(-c3cn(C)nc3C(F)(F)F)c1)CCN=C2. The van der Waals surface area contributed by atoms with Gasteiger partial charge in [-0.2, -0.15) is 18.3 Å². The molecule has 5 nitrogen and oxygen atoms in total. The number of fused-ring (bicyclic) bond motifs is 1. The van der Waals surface area contributed by atoms with Gasteiger partial charge in [-0.15, -0.1) is 0 Å². The standard InChI is InChI=1S/C19H18F3N5/c1-12-24-5-6-27(12)10-13-7-14-9-23-4-3-15(14)16(8-13)17-11-26(2)25-18(17)19(20,21)22/h5-9,11H,3-4,10H2,1-2H3. The van der Waals surface area contributed by atoms with E-state index in [1.54, 1.807) is 12.4 Å². The van der Waals surface area contributed by atoms with Crippen molar-refractivity contribution in [3.8, 4) is 11.1 Å². The summed E-state index contributed by atoms with van der Waals surface area (Å²) in [6, 6.07) is 3.83. The Labute approximate surface area is 154 Å². The van der Waals surface area contributed by atoms with Crippen molar-refractivity contribution in [3.05, 3.63) is 58.9 Å². The summed E-state index contributed by atoms with van der Waals surface area (Å²) < 4.78 is 43.7. The van der Waals surface area contributed by atoms with Gasteiger partial charge < -0.3 is 4.57 Å². The Morgan fingerprint density at radius 2 is 2.00 bits per heavy atom. The van der Waals surface area contributed by atoms with Crippen LogP contribution in [0.4, 0.5) is 13.2 Å². The number of aliphatic imine (C=N–C) groups is 1. The van der Waals surface area contributed by atoms with Gasteiger partial charge in [0.25, 0.3) is 0 Å². The third-order valence-electron chi connectivity index (χ3n) is 4.73. The van der Waals surface area contributed by atoms with Gasteiger partial charge in [-0.05, 0) is 47.7 Å². The summed E-state index contributed by atoms with van der Waals surface area (Å²) in [5, 5.41) is 3.67. The van der Waals surface area contributed by atoms with E-state index >= 15 is 0 Å². The molecule has 0 aliphatic carbocycles. The topological polar surface area (TPSA) is 48.0 Å². The van der Waals surface area contributed by atoms with Crippen LogP contribution >= 0.6 is 0 Å². The molecule has 8 heteroatoms. The second-order valence-corrected chi connectivity index (χ2v) is 6.66. The van der Waals surface area contributed by atoms with Gasteiger partial charge >= 0.3 is 6.18 Å². The summed E-state index contributed by atoms with van der Waals surface area (Å²) in [5.41, 5.74) is 2.48. The lowest BCUT2D eigenvalue weighted by Gasteiger charge is -2.18. The number of alkyl halides is 3. The molecule has 0 fully saturated rings. The molecule has 0 unspecified atom stereocenters. The minimum Gasteiger partial charge on any atom is -0.331 e. The van der Waals surface area contributed by atoms with Crippen LogP contribution in [0.15, 0.2) is 35.7 Å². The fourth-order valence-electron chi connectivity index (χ4n) is 3.48. The van der Waals surface area contributed by atoms with Crippen LogP contribution in [0.25, 0.3) is 11.1 Å². The molecule has 3 aromatic rings. The number of hydrogen-bond donors (Lipinski definition) is 0. The van der Waals surface area contributed by atoms with Crippen LogP contribution in [0.2, 0.25) is 0 Å². The normalized spacial score (nSPS) is 13.8. The molecule has 4 rings (SSSR count). The molecule has 0 N–H and O–H groups in total. The summed E-state index contributed by atoms with van der Waals surface area (Å²) in [4.78, 5) is 8.50. The summed E-state index contributed by atoms with van der Waals surface area (Å²) in [5.74, 6) is 0.847. The fraction of sp³-hybridized carbons (Fsp3) is 0.316. The van der Waals surface area contributed by atoms with Crippen LogP contribution in [0.5, 0.6) is 0 Å². The van der Waals surface area contributed by atoms with Gasteiger partial charge in [0.1, 0.15) is 5.82 Å². The van der Waals surface area contributed by atoms with Gasteiger partial charge in [-0.1, -0.05) is 0 Å². The van der Waals surface area contributed by atoms with E-state index in [-0.39, 0.29) is 5.56 Å². The Balaban J connectivity index is 1.89. The zero-order valence-corrected chi connectivity index (χ0v) is 15.0. The highest BCUT2D eigenvalue weighted by Gasteiger charge is 2.38. The Morgan fingerprint density at radius 3 is 2.70 bits per heavy atom. The van der Waals surface area contributed by atoms with Crippen LogP contribution in [-0.2, 0) is 26.2 Å². The summed E-state index contributed by atoms with van der Waals surface area (Å²) in [6.07, 6.45) is 2.85. The first kappa shape index (κ1) is 17.5. The Bertz CT molecular complexity index is 1030. The summed E-state index contributed by atoms with van der Waals surface area (Å²) in [6.45, 7) is 2.99. The summed E-state index contributed by atoms with van der Waals surface area (Å²) in [7, 11) is 1.51. The lowest BCUT2D eigenvalue weighted by atomic mass is 9.90. The minimum absolute atomic E-state index is 0.112. The molecule has 0 saturated heterocycles. The smallest absolute Gasteiger partial charge is 0.331 e. The molecular formula is C19H18F3N5. The van der Waals surface area contributed by atoms with Crippen LogP contribution < -0.4 is 0 Å². The minimum atomic E-state index is -4.51. The van der Waals surface area contributed by atoms with Crippen molar-refractivity contribution in [1.82, 2.24) is 19.3 Å². The Hall–Kier alpha value is -2.90. The van der Waals surface area contributed by atoms with Crippen LogP contribution in [-0.4, -0.2) is 32.1 Å². The van der Waals surface area contributed by atoms with E-state index < -0.39 is 11.9 Å². The first-order valence-corrected chi connectivity index (χ1v) is 8.57. The van der Waals surface area contributed by atoms with Gasteiger partial charge in [0.15, 0.2) is 5.69 Å². The maximum atomic E-state index is 13.5. The van der Waals surface area contributed by atoms with Crippen molar-refractivity contribution in [2.45, 2.75) is 26.1 Å². The number of benzene rings is 1. The number of aryl methyl sites for hydroxylation is 2. The molecule has 1 aliphatic rings. The average molecular weight is 373 g/mol. The highest BCUT2D eigenvalue weighted by molar-refractivity contribution is 5.88. The van der Waals surface area contributed by atoms with Gasteiger partial charge in [0.2, 0.25) is 0 Å². The van der Waals surface area contributed by atoms with Crippen LogP contribution in [0.3, 0.4) is 0 Å². The number of nitrogens with zero attached hydrogens (tertiary/aromatic N) is 5. The lowest BCUT2D eigenvalue weighted by Crippen LogP contribution is -2.11. The molecule has 0 bridgehead atoms. The van der Waals surface area contributed by atoms with Crippen molar-refractivity contribution >= 4 is 6.21 Å². The predicted octanol–water partition coefficient (Wildman–Crippen LogP) is 3.63. The zero-order valence-electron chi connectivity index (χ0n) is 15.0. The fourth-order valence-corrected chi connectivity index (χ4v) is 3.48. The van der Waals surface area contributed by atoms with Crippen molar-refractivity contribution in [1.29, 1.82) is 0 Å². The van der Waals surface area contributed by atoms with Crippen molar-refractivity contribution < 1.29 is 13.2 Å². The quantitative estimate of drug-likeness (QED) is 0.704. The average Bonchev–Trinajstić information content (AvgIpc) is 3.20. The first-order valence-electron chi connectivity index (χ1n) is 8.57. The number of hydrogen-bond acceptors (Lipinski definition) is 3. The maximum Gasteiger partial charge on any atom is 0.435 e. The Morgan fingerprint density at radius 1 is 1.19 bits per heavy atom. The lowest BCUT2D eigenvalue weighted by molar-refractivity contribution is -0.140. The Kier molecular flexibility index (Phi) is 4.13. The van der Waals surface area contributed by atoms with E-state index in [9.17, 15) is 13.2 Å². The molecule has 3 heterocycles. The van der Waals surface area contributed by atoms with E-state index in [0.717, 1.165) is 22.5 Å². The van der Waals surface area contributed by atoms with Crippen molar-refractivity contribution in [2.24, 2.45) is 12.0 Å². The molecule has 27 heavy (non-hydrogen) atoms. The monoisotopic (exact) mass is 373 g/mol. The number of aromatic nitrogens is 4. The van der Waals surface area contributed by atoms with E-state index in [0.29, 0.717) is 25.1 Å². The molecule has 1 aromatic carbocycles. The van der Waals surface area contributed by atoms with Gasteiger partial charge in [0.05, 0.1) is 0 Å². The van der Waals surface area contributed by atoms with E-state index in [1.165, 1.54) is 17.9 Å². The molecule has 0 saturated carbocycles. The highest BCUT2D eigenvalue weighted by Crippen LogP contribution is 2.39. The van der Waals surface area contributed by atoms with Crippen LogP contribution in [0.1, 0.15) is 28.2 Å². The number of rotatable bonds is 3. The first-order chi connectivity index (χ1) is 12.8. The second-order valence-electron chi connectivity index (χ2n) is 6.66. The van der Waals surface area contributed by atoms with E-state index in [2.05, 4.69) is 15.1 Å². The van der Waals surface area contributed by atoms with Crippen LogP contribution in [0, 0.1) is 6.92 Å². The van der Waals surface area contributed by atoms with Gasteiger partial charge in [0, 0.05) is 50.5 Å². The van der Waals surface area contributed by atoms with E-state index in [4.69, 9.17) is 0 Å². The number of halogens is 3. The second kappa shape index (κ2) is 6.37. The molecule has 0 spiro atoms. The van der Waals surface area contributed by atoms with Crippen molar-refractivity contribution in [3.63, 3.8) is 0 Å². The van der Waals surface area contributed by atoms with E-state index in [1.807, 2.05) is 29.8 Å². The largest absolute Gasteiger partial charge is 0.435 e. The maximum absolute atomic E-state index is 13.5. The number of imidazole rings is 1. The van der Waals surface area contributed by atoms with Crippen molar-refractivity contribution in [2.75, 3.05) is 6.54 Å². The van der Waals surface area contributed by atoms with Gasteiger partial charge in [-0.25, -0.2) is 4.98 Å². The summed E-state index contributed by atoms with van der Waals surface area (Å²) >= 11 is 0. The molecular weight excluding hydrogens is 355 g/mol. The highest BCUT2D eigenvalue weighted by atomic mass is 19.4. The zero-order chi connectivity index (χ0) is 19.2. The molecule has 2 aromatic heterocycles. The van der Waals surface area contributed by atoms with Gasteiger partial charge in [-0.3, -0.25) is 9.67 Å². The molecule has 0 amide bonds. The third kappa shape index (κ3) is 3.27. The molecule has 1 aliphatic heterocycles.